The fourth-order valence-electron chi connectivity index (χ4n) is 1.90. The molecule has 1 aromatic heterocycles. The molecule has 1 fully saturated rings. The van der Waals surface area contributed by atoms with Crippen LogP contribution in [0.25, 0.3) is 0 Å². The summed E-state index contributed by atoms with van der Waals surface area (Å²) in [6.07, 6.45) is 6.41. The first-order chi connectivity index (χ1) is 5.88. The Hall–Kier alpha value is 0.313. The van der Waals surface area contributed by atoms with Gasteiger partial charge in [-0.1, -0.05) is 6.07 Å². The maximum Gasteiger partial charge on any atom is 2.00 e. The fourth-order valence-corrected chi connectivity index (χ4v) is 1.90. The summed E-state index contributed by atoms with van der Waals surface area (Å²) < 4.78 is 0. The third-order valence-corrected chi connectivity index (χ3v) is 2.59. The van der Waals surface area contributed by atoms with Crippen LogP contribution in [-0.4, -0.2) is 23.5 Å². The van der Waals surface area contributed by atoms with E-state index in [1.54, 1.807) is 0 Å². The van der Waals surface area contributed by atoms with Crippen molar-refractivity contribution in [3.05, 3.63) is 30.1 Å². The van der Waals surface area contributed by atoms with Gasteiger partial charge in [0.2, 0.25) is 0 Å². The zero-order valence-corrected chi connectivity index (χ0v) is 13.3. The first kappa shape index (κ1) is 17.7. The van der Waals surface area contributed by atoms with Crippen LogP contribution in [0.1, 0.15) is 24.4 Å². The second-order valence-corrected chi connectivity index (χ2v) is 3.42. The Labute approximate surface area is 116 Å². The van der Waals surface area contributed by atoms with Gasteiger partial charge in [0, 0.05) is 18.4 Å². The molecule has 0 amide bonds. The largest absolute Gasteiger partial charge is 2.00 e. The third kappa shape index (κ3) is 4.36. The average Bonchev–Trinajstić information content (AvgIpc) is 2.53. The Morgan fingerprint density at radius 3 is 2.60 bits per heavy atom. The van der Waals surface area contributed by atoms with Gasteiger partial charge in [-0.05, 0) is 38.1 Å². The molecule has 5 heteroatoms. The van der Waals surface area contributed by atoms with E-state index in [1.165, 1.54) is 24.9 Å². The number of rotatable bonds is 1. The summed E-state index contributed by atoms with van der Waals surface area (Å²) in [4.78, 5) is 6.54. The van der Waals surface area contributed by atoms with Crippen LogP contribution in [0.15, 0.2) is 24.5 Å². The SMILES string of the molecule is CN1CCCC1c1cccnc1.[Cl-].[Cl-].[Zn+2]. The minimum absolute atomic E-state index is 0. The Morgan fingerprint density at radius 2 is 2.13 bits per heavy atom. The van der Waals surface area contributed by atoms with Crippen molar-refractivity contribution in [2.45, 2.75) is 18.9 Å². The van der Waals surface area contributed by atoms with Gasteiger partial charge in [0.05, 0.1) is 0 Å². The number of nitrogens with zero attached hydrogens (tertiary/aromatic N) is 2. The van der Waals surface area contributed by atoms with Gasteiger partial charge in [0.1, 0.15) is 0 Å². The number of hydrogen-bond acceptors (Lipinski definition) is 2. The van der Waals surface area contributed by atoms with Gasteiger partial charge >= 0.3 is 19.5 Å². The van der Waals surface area contributed by atoms with Crippen LogP contribution >= 0.6 is 0 Å². The second-order valence-electron chi connectivity index (χ2n) is 3.42. The zero-order chi connectivity index (χ0) is 8.39. The van der Waals surface area contributed by atoms with E-state index < -0.39 is 0 Å². The predicted molar refractivity (Wildman–Crippen MR) is 48.8 cm³/mol. The van der Waals surface area contributed by atoms with Crippen LogP contribution in [0, 0.1) is 0 Å². The Balaban J connectivity index is 0. The summed E-state index contributed by atoms with van der Waals surface area (Å²) in [6, 6.07) is 4.79. The van der Waals surface area contributed by atoms with E-state index in [2.05, 4.69) is 23.0 Å². The molecule has 1 saturated heterocycles. The molecule has 2 nitrogen and oxygen atoms in total. The minimum atomic E-state index is 0. The van der Waals surface area contributed by atoms with Gasteiger partial charge in [-0.15, -0.1) is 0 Å². The van der Waals surface area contributed by atoms with E-state index in [-0.39, 0.29) is 44.3 Å². The molecule has 1 aliphatic heterocycles. The molecule has 2 heterocycles. The van der Waals surface area contributed by atoms with Crippen LogP contribution in [0.5, 0.6) is 0 Å². The molecule has 1 atom stereocenters. The zero-order valence-electron chi connectivity index (χ0n) is 8.87. The van der Waals surface area contributed by atoms with Crippen molar-refractivity contribution in [1.29, 1.82) is 0 Å². The average molecular weight is 299 g/mol. The molecule has 80 valence electrons. The molecular weight excluding hydrogens is 284 g/mol. The van der Waals surface area contributed by atoms with Crippen molar-refractivity contribution < 1.29 is 44.3 Å². The normalized spacial score (nSPS) is 19.7. The molecule has 0 spiro atoms. The van der Waals surface area contributed by atoms with Gasteiger partial charge in [-0.2, -0.15) is 0 Å². The topological polar surface area (TPSA) is 16.1 Å². The number of aromatic nitrogens is 1. The van der Waals surface area contributed by atoms with Gasteiger partial charge in [0.25, 0.3) is 0 Å². The summed E-state index contributed by atoms with van der Waals surface area (Å²) in [6.45, 7) is 1.22. The van der Waals surface area contributed by atoms with Gasteiger partial charge in [-0.25, -0.2) is 0 Å². The molecule has 2 rings (SSSR count). The van der Waals surface area contributed by atoms with Gasteiger partial charge in [-0.3, -0.25) is 9.88 Å². The van der Waals surface area contributed by atoms with E-state index >= 15 is 0 Å². The molecule has 0 N–H and O–H groups in total. The van der Waals surface area contributed by atoms with E-state index in [4.69, 9.17) is 0 Å². The van der Waals surface area contributed by atoms with Gasteiger partial charge in [0.15, 0.2) is 0 Å². The molecule has 1 unspecified atom stereocenters. The first-order valence-electron chi connectivity index (χ1n) is 4.48. The van der Waals surface area contributed by atoms with Crippen molar-refractivity contribution in [2.75, 3.05) is 13.6 Å². The van der Waals surface area contributed by atoms with Crippen molar-refractivity contribution in [1.82, 2.24) is 9.88 Å². The van der Waals surface area contributed by atoms with Crippen molar-refractivity contribution in [3.8, 4) is 0 Å². The second kappa shape index (κ2) is 8.46. The molecule has 0 bridgehead atoms. The van der Waals surface area contributed by atoms with E-state index in [9.17, 15) is 0 Å². The third-order valence-electron chi connectivity index (χ3n) is 2.59. The molecule has 0 saturated carbocycles. The van der Waals surface area contributed by atoms with Crippen LogP contribution in [0.2, 0.25) is 0 Å². The molecular formula is C10H14Cl2N2Zn. The van der Waals surface area contributed by atoms with Crippen LogP contribution in [-0.2, 0) is 19.5 Å². The van der Waals surface area contributed by atoms with Crippen LogP contribution in [0.4, 0.5) is 0 Å². The van der Waals surface area contributed by atoms with Crippen LogP contribution < -0.4 is 24.8 Å². The predicted octanol–water partition coefficient (Wildman–Crippen LogP) is -4.15. The Kier molecular flexibility index (Phi) is 9.99. The maximum absolute atomic E-state index is 4.14. The Bertz CT molecular complexity index is 259. The summed E-state index contributed by atoms with van der Waals surface area (Å²) in [5.41, 5.74) is 1.36. The van der Waals surface area contributed by atoms with Crippen molar-refractivity contribution in [2.24, 2.45) is 0 Å². The summed E-state index contributed by atoms with van der Waals surface area (Å²) in [7, 11) is 2.19. The standard InChI is InChI=1S/C10H14N2.2ClH.Zn/c1-12-7-3-5-10(12)9-4-2-6-11-8-9;;;/h2,4,6,8,10H,3,5,7H2,1H3;2*1H;/q;;;+2/p-2. The quantitative estimate of drug-likeness (QED) is 0.490. The maximum atomic E-state index is 4.14. The summed E-state index contributed by atoms with van der Waals surface area (Å²) in [5, 5.41) is 0. The smallest absolute Gasteiger partial charge is 1.00 e. The molecule has 0 radical (unpaired) electrons. The molecule has 1 aromatic rings. The van der Waals surface area contributed by atoms with E-state index in [0.29, 0.717) is 6.04 Å². The molecule has 15 heavy (non-hydrogen) atoms. The molecule has 0 aliphatic carbocycles. The fraction of sp³-hybridized carbons (Fsp3) is 0.500. The Morgan fingerprint density at radius 1 is 1.40 bits per heavy atom. The first-order valence-corrected chi connectivity index (χ1v) is 4.48. The molecule has 1 aliphatic rings. The monoisotopic (exact) mass is 296 g/mol. The van der Waals surface area contributed by atoms with Gasteiger partial charge < -0.3 is 24.8 Å². The number of halogens is 2. The summed E-state index contributed by atoms with van der Waals surface area (Å²) in [5.74, 6) is 0. The van der Waals surface area contributed by atoms with E-state index in [1.807, 2.05) is 18.5 Å². The number of pyridine rings is 1. The number of likely N-dealkylation sites (tertiary alicyclic amines) is 1. The number of hydrogen-bond donors (Lipinski definition) is 0. The van der Waals surface area contributed by atoms with Crippen LogP contribution in [0.3, 0.4) is 0 Å². The van der Waals surface area contributed by atoms with E-state index in [0.717, 1.165) is 0 Å². The summed E-state index contributed by atoms with van der Waals surface area (Å²) >= 11 is 0. The molecule has 0 aromatic carbocycles. The van der Waals surface area contributed by atoms with Crippen molar-refractivity contribution in [3.63, 3.8) is 0 Å². The van der Waals surface area contributed by atoms with Crippen molar-refractivity contribution >= 4 is 0 Å². The minimum Gasteiger partial charge on any atom is -1.00 e.